The van der Waals surface area contributed by atoms with Crippen molar-refractivity contribution in [2.24, 2.45) is 0 Å². The van der Waals surface area contributed by atoms with Crippen molar-refractivity contribution in [2.45, 2.75) is 66.9 Å². The van der Waals surface area contributed by atoms with Crippen LogP contribution in [-0.4, -0.2) is 16.6 Å². The summed E-state index contributed by atoms with van der Waals surface area (Å²) in [7, 11) is 0. The Morgan fingerprint density at radius 2 is 1.63 bits per heavy atom. The fourth-order valence-corrected chi connectivity index (χ4v) is 3.76. The van der Waals surface area contributed by atoms with E-state index in [1.165, 1.54) is 5.56 Å². The second-order valence-corrected chi connectivity index (χ2v) is 8.07. The molecule has 0 aliphatic carbocycles. The van der Waals surface area contributed by atoms with Gasteiger partial charge in [-0.15, -0.1) is 0 Å². The number of ether oxygens (including phenoxy) is 1. The van der Waals surface area contributed by atoms with E-state index in [1.54, 1.807) is 0 Å². The normalized spacial score (nSPS) is 18.6. The van der Waals surface area contributed by atoms with E-state index in [1.807, 2.05) is 47.6 Å². The van der Waals surface area contributed by atoms with Crippen LogP contribution in [0.25, 0.3) is 0 Å². The van der Waals surface area contributed by atoms with Crippen LogP contribution in [0.1, 0.15) is 52.3 Å². The van der Waals surface area contributed by atoms with Crippen molar-refractivity contribution in [1.29, 1.82) is 0 Å². The van der Waals surface area contributed by atoms with Gasteiger partial charge in [-0.1, -0.05) is 6.07 Å². The number of carbonyl (C=O) groups is 1. The largest absolute Gasteiger partial charge is 0.507 e. The van der Waals surface area contributed by atoms with E-state index in [4.69, 9.17) is 4.74 Å². The highest BCUT2D eigenvalue weighted by Crippen LogP contribution is 2.43. The second kappa shape index (κ2) is 6.59. The van der Waals surface area contributed by atoms with Gasteiger partial charge in [-0.25, -0.2) is 0 Å². The fraction of sp³-hybridized carbons (Fsp3) is 0.435. The minimum atomic E-state index is -0.946. The van der Waals surface area contributed by atoms with Crippen molar-refractivity contribution in [3.05, 3.63) is 51.1 Å². The van der Waals surface area contributed by atoms with Crippen LogP contribution in [0.5, 0.6) is 11.5 Å². The molecule has 0 spiro atoms. The van der Waals surface area contributed by atoms with Gasteiger partial charge in [0.05, 0.1) is 0 Å². The standard InChI is InChI=1S/C23H29NO3/c1-12-10-14(3)19(11-13(12)2)24-22(26)23(7)9-8-18-17(6)20(25)15(4)16(5)21(18)27-23/h10-11,25H,8-9H2,1-7H3,(H,24,26). The molecule has 1 unspecified atom stereocenters. The van der Waals surface area contributed by atoms with Gasteiger partial charge in [0.1, 0.15) is 11.5 Å². The molecule has 0 aromatic heterocycles. The molecule has 1 atom stereocenters. The molecule has 27 heavy (non-hydrogen) atoms. The van der Waals surface area contributed by atoms with Crippen LogP contribution < -0.4 is 10.1 Å². The molecule has 2 N–H and O–H groups in total. The lowest BCUT2D eigenvalue weighted by Gasteiger charge is -2.36. The Hall–Kier alpha value is -2.49. The first kappa shape index (κ1) is 19.3. The summed E-state index contributed by atoms with van der Waals surface area (Å²) in [4.78, 5) is 13.1. The van der Waals surface area contributed by atoms with Crippen molar-refractivity contribution >= 4 is 11.6 Å². The molecule has 3 rings (SSSR count). The van der Waals surface area contributed by atoms with Crippen LogP contribution in [0, 0.1) is 41.5 Å². The SMILES string of the molecule is Cc1cc(C)c(NC(=O)C2(C)CCc3c(C)c(O)c(C)c(C)c3O2)cc1C. The molecule has 4 heteroatoms. The zero-order valence-electron chi connectivity index (χ0n) is 17.3. The summed E-state index contributed by atoms with van der Waals surface area (Å²) < 4.78 is 6.27. The van der Waals surface area contributed by atoms with E-state index in [0.29, 0.717) is 18.6 Å². The summed E-state index contributed by atoms with van der Waals surface area (Å²) >= 11 is 0. The Kier molecular flexibility index (Phi) is 4.71. The number of anilines is 1. The molecule has 0 saturated carbocycles. The molecule has 4 nitrogen and oxygen atoms in total. The Morgan fingerprint density at radius 3 is 2.30 bits per heavy atom. The van der Waals surface area contributed by atoms with E-state index in [9.17, 15) is 9.90 Å². The summed E-state index contributed by atoms with van der Waals surface area (Å²) in [5, 5.41) is 13.4. The van der Waals surface area contributed by atoms with Crippen molar-refractivity contribution in [3.63, 3.8) is 0 Å². The average molecular weight is 367 g/mol. The molecule has 1 amide bonds. The number of nitrogens with one attached hydrogen (secondary N) is 1. The van der Waals surface area contributed by atoms with Crippen molar-refractivity contribution < 1.29 is 14.6 Å². The maximum atomic E-state index is 13.1. The predicted octanol–water partition coefficient (Wildman–Crippen LogP) is 4.97. The number of carbonyl (C=O) groups excluding carboxylic acids is 1. The number of hydrogen-bond acceptors (Lipinski definition) is 3. The highest BCUT2D eigenvalue weighted by atomic mass is 16.5. The summed E-state index contributed by atoms with van der Waals surface area (Å²) in [5.41, 5.74) is 6.83. The minimum absolute atomic E-state index is 0.137. The third kappa shape index (κ3) is 3.18. The summed E-state index contributed by atoms with van der Waals surface area (Å²) in [5.74, 6) is 0.930. The van der Waals surface area contributed by atoms with E-state index in [2.05, 4.69) is 18.3 Å². The zero-order valence-corrected chi connectivity index (χ0v) is 17.3. The van der Waals surface area contributed by atoms with Gasteiger partial charge in [0, 0.05) is 17.7 Å². The van der Waals surface area contributed by atoms with E-state index in [0.717, 1.165) is 44.8 Å². The van der Waals surface area contributed by atoms with Gasteiger partial charge in [0.15, 0.2) is 5.60 Å². The molecule has 2 aromatic rings. The molecule has 1 aliphatic heterocycles. The topological polar surface area (TPSA) is 58.6 Å². The number of benzene rings is 2. The first-order chi connectivity index (χ1) is 12.5. The molecular formula is C23H29NO3. The first-order valence-corrected chi connectivity index (χ1v) is 9.45. The number of aromatic hydroxyl groups is 1. The van der Waals surface area contributed by atoms with Gasteiger partial charge in [-0.2, -0.15) is 0 Å². The van der Waals surface area contributed by atoms with E-state index in [-0.39, 0.29) is 5.91 Å². The lowest BCUT2D eigenvalue weighted by molar-refractivity contribution is -0.131. The Labute approximate surface area is 161 Å². The van der Waals surface area contributed by atoms with Gasteiger partial charge in [0.25, 0.3) is 5.91 Å². The van der Waals surface area contributed by atoms with Crippen LogP contribution in [0.2, 0.25) is 0 Å². The van der Waals surface area contributed by atoms with Crippen LogP contribution in [0.15, 0.2) is 12.1 Å². The molecule has 1 aliphatic rings. The number of rotatable bonds is 2. The van der Waals surface area contributed by atoms with Crippen LogP contribution in [-0.2, 0) is 11.2 Å². The third-order valence-corrected chi connectivity index (χ3v) is 6.09. The maximum Gasteiger partial charge on any atom is 0.268 e. The van der Waals surface area contributed by atoms with Gasteiger partial charge in [-0.05, 0) is 94.3 Å². The number of amides is 1. The quantitative estimate of drug-likeness (QED) is 0.788. The molecule has 0 saturated heterocycles. The van der Waals surface area contributed by atoms with Crippen molar-refractivity contribution in [3.8, 4) is 11.5 Å². The van der Waals surface area contributed by atoms with Crippen LogP contribution in [0.4, 0.5) is 5.69 Å². The highest BCUT2D eigenvalue weighted by Gasteiger charge is 2.41. The Bertz CT molecular complexity index is 946. The van der Waals surface area contributed by atoms with Gasteiger partial charge >= 0.3 is 0 Å². The molecule has 1 heterocycles. The number of phenolic OH excluding ortho intramolecular Hbond substituents is 1. The van der Waals surface area contributed by atoms with Gasteiger partial charge in [-0.3, -0.25) is 4.79 Å². The van der Waals surface area contributed by atoms with Gasteiger partial charge < -0.3 is 15.2 Å². The van der Waals surface area contributed by atoms with Crippen molar-refractivity contribution in [1.82, 2.24) is 0 Å². The lowest BCUT2D eigenvalue weighted by atomic mass is 9.86. The Balaban J connectivity index is 1.93. The number of hydrogen-bond donors (Lipinski definition) is 2. The fourth-order valence-electron chi connectivity index (χ4n) is 3.76. The average Bonchev–Trinajstić information content (AvgIpc) is 2.62. The smallest absolute Gasteiger partial charge is 0.268 e. The van der Waals surface area contributed by atoms with Crippen LogP contribution >= 0.6 is 0 Å². The predicted molar refractivity (Wildman–Crippen MR) is 109 cm³/mol. The monoisotopic (exact) mass is 367 g/mol. The molecule has 2 aromatic carbocycles. The van der Waals surface area contributed by atoms with E-state index >= 15 is 0 Å². The summed E-state index contributed by atoms with van der Waals surface area (Å²) in [6.45, 7) is 13.7. The number of aryl methyl sites for hydroxylation is 3. The van der Waals surface area contributed by atoms with E-state index < -0.39 is 5.60 Å². The number of fused-ring (bicyclic) bond motifs is 1. The zero-order chi connectivity index (χ0) is 20.1. The summed E-state index contributed by atoms with van der Waals surface area (Å²) in [6.07, 6.45) is 1.27. The maximum absolute atomic E-state index is 13.1. The minimum Gasteiger partial charge on any atom is -0.507 e. The molecular weight excluding hydrogens is 338 g/mol. The summed E-state index contributed by atoms with van der Waals surface area (Å²) in [6, 6.07) is 4.10. The second-order valence-electron chi connectivity index (χ2n) is 8.07. The van der Waals surface area contributed by atoms with Crippen LogP contribution in [0.3, 0.4) is 0 Å². The molecule has 144 valence electrons. The first-order valence-electron chi connectivity index (χ1n) is 9.45. The molecule has 0 radical (unpaired) electrons. The lowest BCUT2D eigenvalue weighted by Crippen LogP contribution is -2.48. The molecule has 0 fully saturated rings. The third-order valence-electron chi connectivity index (χ3n) is 6.09. The Morgan fingerprint density at radius 1 is 1.00 bits per heavy atom. The number of phenols is 1. The van der Waals surface area contributed by atoms with Gasteiger partial charge in [0.2, 0.25) is 0 Å². The van der Waals surface area contributed by atoms with Crippen molar-refractivity contribution in [2.75, 3.05) is 5.32 Å². The highest BCUT2D eigenvalue weighted by molar-refractivity contribution is 5.98. The molecule has 0 bridgehead atoms.